The van der Waals surface area contributed by atoms with Gasteiger partial charge in [-0.05, 0) is 5.92 Å². The van der Waals surface area contributed by atoms with Gasteiger partial charge in [-0.25, -0.2) is 0 Å². The molecule has 102 valence electrons. The molecule has 0 radical (unpaired) electrons. The van der Waals surface area contributed by atoms with Gasteiger partial charge in [-0.3, -0.25) is 0 Å². The Morgan fingerprint density at radius 1 is 0.688 bits per heavy atom. The summed E-state index contributed by atoms with van der Waals surface area (Å²) in [6.45, 7) is 15.5. The lowest BCUT2D eigenvalue weighted by atomic mass is 10.0. The Balaban J connectivity index is -0.000000201. The monoisotopic (exact) mass is 230 g/mol. The molecule has 0 aliphatic rings. The van der Waals surface area contributed by atoms with Crippen molar-refractivity contribution in [1.82, 2.24) is 0 Å². The zero-order chi connectivity index (χ0) is 13.2. The molecule has 0 saturated carbocycles. The molecule has 0 saturated heterocycles. The number of rotatable bonds is 6. The van der Waals surface area contributed by atoms with Crippen LogP contribution < -0.4 is 0 Å². The molecule has 0 amide bonds. The molecule has 0 aliphatic carbocycles. The number of hydrogen-bond donors (Lipinski definition) is 0. The zero-order valence-corrected chi connectivity index (χ0v) is 13.2. The van der Waals surface area contributed by atoms with Crippen molar-refractivity contribution >= 4 is 0 Å². The van der Waals surface area contributed by atoms with Crippen molar-refractivity contribution in [3.05, 3.63) is 0 Å². The molecule has 0 fully saturated rings. The summed E-state index contributed by atoms with van der Waals surface area (Å²) in [5.41, 5.74) is 0. The van der Waals surface area contributed by atoms with Crippen LogP contribution in [0.3, 0.4) is 0 Å². The fraction of sp³-hybridized carbons (Fsp3) is 1.00. The summed E-state index contributed by atoms with van der Waals surface area (Å²) < 4.78 is 0. The van der Waals surface area contributed by atoms with Gasteiger partial charge in [0.25, 0.3) is 0 Å². The molecule has 1 unspecified atom stereocenters. The molecule has 0 N–H and O–H groups in total. The van der Waals surface area contributed by atoms with Crippen molar-refractivity contribution in [2.45, 2.75) is 99.8 Å². The molecule has 0 aromatic heterocycles. The average Bonchev–Trinajstić information content (AvgIpc) is 2.30. The van der Waals surface area contributed by atoms with Gasteiger partial charge in [-0.2, -0.15) is 0 Å². The molecule has 0 nitrogen and oxygen atoms in total. The summed E-state index contributed by atoms with van der Waals surface area (Å²) in [4.78, 5) is 0. The van der Waals surface area contributed by atoms with Crippen LogP contribution in [-0.4, -0.2) is 0 Å². The predicted molar refractivity (Wildman–Crippen MR) is 80.1 cm³/mol. The number of hydrogen-bond acceptors (Lipinski definition) is 0. The molecule has 0 rings (SSSR count). The molecule has 0 aliphatic heterocycles. The molecular formula is C16H38. The van der Waals surface area contributed by atoms with E-state index >= 15 is 0 Å². The highest BCUT2D eigenvalue weighted by Gasteiger charge is 1.95. The topological polar surface area (TPSA) is 0 Å². The quantitative estimate of drug-likeness (QED) is 0.438. The third-order valence-electron chi connectivity index (χ3n) is 2.50. The SMILES string of the molecule is CCC.CCCC.CCCCCC(C)CC. The molecule has 16 heavy (non-hydrogen) atoms. The van der Waals surface area contributed by atoms with Gasteiger partial charge in [0.1, 0.15) is 0 Å². The van der Waals surface area contributed by atoms with Gasteiger partial charge in [-0.1, -0.05) is 99.8 Å². The fourth-order valence-electron chi connectivity index (χ4n) is 0.947. The second kappa shape index (κ2) is 24.3. The van der Waals surface area contributed by atoms with Gasteiger partial charge in [0.2, 0.25) is 0 Å². The zero-order valence-electron chi connectivity index (χ0n) is 13.2. The van der Waals surface area contributed by atoms with E-state index in [0.29, 0.717) is 0 Å². The highest BCUT2D eigenvalue weighted by molar-refractivity contribution is 4.49. The van der Waals surface area contributed by atoms with Crippen LogP contribution in [0.4, 0.5) is 0 Å². The van der Waals surface area contributed by atoms with Gasteiger partial charge in [-0.15, -0.1) is 0 Å². The Bertz CT molecular complexity index is 74.1. The second-order valence-corrected chi connectivity index (χ2v) is 4.72. The van der Waals surface area contributed by atoms with E-state index in [2.05, 4.69) is 48.5 Å². The third kappa shape index (κ3) is 37.0. The second-order valence-electron chi connectivity index (χ2n) is 4.72. The minimum Gasteiger partial charge on any atom is -0.0656 e. The summed E-state index contributed by atoms with van der Waals surface area (Å²) in [6, 6.07) is 0. The summed E-state index contributed by atoms with van der Waals surface area (Å²) in [5.74, 6) is 0.955. The van der Waals surface area contributed by atoms with Gasteiger partial charge in [0, 0.05) is 0 Å². The Morgan fingerprint density at radius 2 is 1.12 bits per heavy atom. The van der Waals surface area contributed by atoms with E-state index in [0.717, 1.165) is 5.92 Å². The van der Waals surface area contributed by atoms with Gasteiger partial charge < -0.3 is 0 Å². The van der Waals surface area contributed by atoms with Crippen LogP contribution >= 0.6 is 0 Å². The molecular weight excluding hydrogens is 192 g/mol. The van der Waals surface area contributed by atoms with E-state index in [1.165, 1.54) is 51.4 Å². The van der Waals surface area contributed by atoms with Crippen molar-refractivity contribution in [3.8, 4) is 0 Å². The van der Waals surface area contributed by atoms with Crippen LogP contribution in [0, 0.1) is 5.92 Å². The summed E-state index contributed by atoms with van der Waals surface area (Å²) in [5, 5.41) is 0. The van der Waals surface area contributed by atoms with E-state index < -0.39 is 0 Å². The Morgan fingerprint density at radius 3 is 1.38 bits per heavy atom. The molecule has 0 aromatic carbocycles. The molecule has 0 bridgehead atoms. The highest BCUT2D eigenvalue weighted by atomic mass is 14.0. The maximum absolute atomic E-state index is 2.34. The van der Waals surface area contributed by atoms with Crippen molar-refractivity contribution in [1.29, 1.82) is 0 Å². The Labute approximate surface area is 106 Å². The van der Waals surface area contributed by atoms with E-state index in [9.17, 15) is 0 Å². The maximum Gasteiger partial charge on any atom is -0.0445 e. The first-order valence-corrected chi connectivity index (χ1v) is 7.64. The molecule has 0 heteroatoms. The standard InChI is InChI=1S/C9H20.C4H10.C3H8/c1-4-6-7-8-9(3)5-2;1-3-4-2;1-3-2/h9H,4-8H2,1-3H3;3-4H2,1-2H3;3H2,1-2H3. The van der Waals surface area contributed by atoms with E-state index in [-0.39, 0.29) is 0 Å². The molecule has 0 heterocycles. The van der Waals surface area contributed by atoms with Gasteiger partial charge in [0.05, 0.1) is 0 Å². The fourth-order valence-corrected chi connectivity index (χ4v) is 0.947. The molecule has 1 atom stereocenters. The minimum atomic E-state index is 0.955. The minimum absolute atomic E-state index is 0.955. The lowest BCUT2D eigenvalue weighted by Crippen LogP contribution is -1.90. The van der Waals surface area contributed by atoms with Crippen molar-refractivity contribution in [3.63, 3.8) is 0 Å². The number of unbranched alkanes of at least 4 members (excludes halogenated alkanes) is 3. The van der Waals surface area contributed by atoms with Gasteiger partial charge >= 0.3 is 0 Å². The lowest BCUT2D eigenvalue weighted by Gasteiger charge is -2.05. The Kier molecular flexibility index (Phi) is 32.3. The summed E-state index contributed by atoms with van der Waals surface area (Å²) in [6.07, 6.45) is 10.9. The van der Waals surface area contributed by atoms with Crippen LogP contribution in [0.25, 0.3) is 0 Å². The van der Waals surface area contributed by atoms with Crippen LogP contribution in [-0.2, 0) is 0 Å². The predicted octanol–water partition coefficient (Wildman–Crippen LogP) is 6.84. The summed E-state index contributed by atoms with van der Waals surface area (Å²) in [7, 11) is 0. The maximum atomic E-state index is 2.34. The van der Waals surface area contributed by atoms with E-state index in [1.807, 2.05) is 0 Å². The highest BCUT2D eigenvalue weighted by Crippen LogP contribution is 2.11. The normalized spacial score (nSPS) is 10.7. The van der Waals surface area contributed by atoms with Crippen molar-refractivity contribution in [2.24, 2.45) is 5.92 Å². The van der Waals surface area contributed by atoms with Crippen LogP contribution in [0.2, 0.25) is 0 Å². The van der Waals surface area contributed by atoms with E-state index in [1.54, 1.807) is 0 Å². The largest absolute Gasteiger partial charge is 0.0656 e. The third-order valence-corrected chi connectivity index (χ3v) is 2.50. The summed E-state index contributed by atoms with van der Waals surface area (Å²) >= 11 is 0. The first kappa shape index (κ1) is 21.3. The molecule has 0 aromatic rings. The van der Waals surface area contributed by atoms with Crippen LogP contribution in [0.1, 0.15) is 99.8 Å². The van der Waals surface area contributed by atoms with E-state index in [4.69, 9.17) is 0 Å². The first-order chi connectivity index (χ1) is 7.64. The van der Waals surface area contributed by atoms with Gasteiger partial charge in [0.15, 0.2) is 0 Å². The first-order valence-electron chi connectivity index (χ1n) is 7.64. The van der Waals surface area contributed by atoms with Crippen LogP contribution in [0.5, 0.6) is 0 Å². The van der Waals surface area contributed by atoms with Crippen molar-refractivity contribution < 1.29 is 0 Å². The average molecular weight is 230 g/mol. The molecule has 0 spiro atoms. The van der Waals surface area contributed by atoms with Crippen molar-refractivity contribution in [2.75, 3.05) is 0 Å². The smallest absolute Gasteiger partial charge is 0.0445 e. The Hall–Kier alpha value is 0. The van der Waals surface area contributed by atoms with Crippen LogP contribution in [0.15, 0.2) is 0 Å². The lowest BCUT2D eigenvalue weighted by molar-refractivity contribution is 0.482.